The van der Waals surface area contributed by atoms with Gasteiger partial charge in [-0.2, -0.15) is 0 Å². The van der Waals surface area contributed by atoms with Gasteiger partial charge in [-0.15, -0.1) is 0 Å². The molecule has 0 aliphatic heterocycles. The Bertz CT molecular complexity index is 894. The molecule has 0 saturated heterocycles. The Morgan fingerprint density at radius 3 is 2.59 bits per heavy atom. The third kappa shape index (κ3) is 4.96. The van der Waals surface area contributed by atoms with Gasteiger partial charge in [0.05, 0.1) is 16.8 Å². The number of rotatable bonds is 8. The van der Waals surface area contributed by atoms with Gasteiger partial charge in [-0.1, -0.05) is 36.4 Å². The zero-order valence-corrected chi connectivity index (χ0v) is 16.3. The van der Waals surface area contributed by atoms with Crippen molar-refractivity contribution in [1.29, 1.82) is 0 Å². The van der Waals surface area contributed by atoms with Crippen molar-refractivity contribution >= 4 is 15.7 Å². The summed E-state index contributed by atoms with van der Waals surface area (Å²) in [6.45, 7) is 0.304. The molecule has 0 heterocycles. The van der Waals surface area contributed by atoms with Crippen LogP contribution in [-0.4, -0.2) is 33.7 Å². The van der Waals surface area contributed by atoms with Crippen LogP contribution in [0, 0.1) is 0 Å². The van der Waals surface area contributed by atoms with Gasteiger partial charge < -0.3 is 10.1 Å². The number of amides is 1. The highest BCUT2D eigenvalue weighted by Crippen LogP contribution is 2.25. The van der Waals surface area contributed by atoms with Crippen LogP contribution in [0.3, 0.4) is 0 Å². The van der Waals surface area contributed by atoms with Gasteiger partial charge in [0.2, 0.25) is 5.91 Å². The first-order valence-corrected chi connectivity index (χ1v) is 10.8. The molecule has 0 aromatic heterocycles. The Kier molecular flexibility index (Phi) is 6.29. The number of carbonyl (C=O) groups excluding carboxylic acids is 1. The summed E-state index contributed by atoms with van der Waals surface area (Å²) in [5, 5.41) is 2.77. The second-order valence-electron chi connectivity index (χ2n) is 6.79. The largest absolute Gasteiger partial charge is 0.375 e. The quantitative estimate of drug-likeness (QED) is 0.756. The maximum absolute atomic E-state index is 12.5. The smallest absolute Gasteiger partial charge is 0.221 e. The van der Waals surface area contributed by atoms with Crippen LogP contribution >= 0.6 is 0 Å². The van der Waals surface area contributed by atoms with Gasteiger partial charge in [-0.25, -0.2) is 8.42 Å². The fourth-order valence-electron chi connectivity index (χ4n) is 3.39. The maximum atomic E-state index is 12.5. The molecule has 2 aromatic rings. The standard InChI is InChI=1S/C21H25NO4S/c1-26-20(17-6-3-2-4-7-17)15-22-21(23)12-13-27(24,25)19-11-10-16-8-5-9-18(16)14-19/h2-4,6-7,10-11,14,20H,5,8-9,12-13,15H2,1H3,(H,22,23). The molecule has 0 radical (unpaired) electrons. The SMILES string of the molecule is COC(CNC(=O)CCS(=O)(=O)c1ccc2c(c1)CCC2)c1ccccc1. The summed E-state index contributed by atoms with van der Waals surface area (Å²) in [6.07, 6.45) is 2.69. The van der Waals surface area contributed by atoms with E-state index in [9.17, 15) is 13.2 Å². The van der Waals surface area contributed by atoms with Crippen molar-refractivity contribution in [1.82, 2.24) is 5.32 Å². The second kappa shape index (κ2) is 8.67. The van der Waals surface area contributed by atoms with Crippen molar-refractivity contribution in [3.8, 4) is 0 Å². The Balaban J connectivity index is 1.53. The first-order chi connectivity index (χ1) is 13.0. The number of hydrogen-bond acceptors (Lipinski definition) is 4. The highest BCUT2D eigenvalue weighted by molar-refractivity contribution is 7.91. The maximum Gasteiger partial charge on any atom is 0.221 e. The van der Waals surface area contributed by atoms with Crippen LogP contribution < -0.4 is 5.32 Å². The number of carbonyl (C=O) groups is 1. The Morgan fingerprint density at radius 1 is 1.11 bits per heavy atom. The van der Waals surface area contributed by atoms with E-state index >= 15 is 0 Å². The molecule has 0 bridgehead atoms. The Morgan fingerprint density at radius 2 is 1.85 bits per heavy atom. The van der Waals surface area contributed by atoms with Gasteiger partial charge in [0.15, 0.2) is 9.84 Å². The normalized spacial score (nSPS) is 14.6. The van der Waals surface area contributed by atoms with E-state index in [0.717, 1.165) is 30.4 Å². The highest BCUT2D eigenvalue weighted by Gasteiger charge is 2.20. The third-order valence-electron chi connectivity index (χ3n) is 4.97. The molecule has 6 heteroatoms. The van der Waals surface area contributed by atoms with Crippen molar-refractivity contribution in [2.45, 2.75) is 36.7 Å². The summed E-state index contributed by atoms with van der Waals surface area (Å²) in [6, 6.07) is 14.9. The molecule has 3 rings (SSSR count). The van der Waals surface area contributed by atoms with Gasteiger partial charge >= 0.3 is 0 Å². The van der Waals surface area contributed by atoms with E-state index in [-0.39, 0.29) is 24.2 Å². The van der Waals surface area contributed by atoms with Crippen molar-refractivity contribution in [2.75, 3.05) is 19.4 Å². The van der Waals surface area contributed by atoms with E-state index in [1.54, 1.807) is 19.2 Å². The van der Waals surface area contributed by atoms with E-state index in [2.05, 4.69) is 5.32 Å². The number of benzene rings is 2. The molecule has 1 aliphatic carbocycles. The van der Waals surface area contributed by atoms with Gasteiger partial charge in [0.1, 0.15) is 0 Å². The fourth-order valence-corrected chi connectivity index (χ4v) is 4.67. The lowest BCUT2D eigenvalue weighted by molar-refractivity contribution is -0.121. The first kappa shape index (κ1) is 19.6. The summed E-state index contributed by atoms with van der Waals surface area (Å²) in [5.41, 5.74) is 3.32. The van der Waals surface area contributed by atoms with Crippen LogP contribution in [0.5, 0.6) is 0 Å². The van der Waals surface area contributed by atoms with E-state index in [0.29, 0.717) is 11.4 Å². The summed E-state index contributed by atoms with van der Waals surface area (Å²) in [7, 11) is -1.88. The molecule has 0 spiro atoms. The molecule has 1 atom stereocenters. The van der Waals surface area contributed by atoms with Gasteiger partial charge in [0.25, 0.3) is 0 Å². The Labute approximate surface area is 160 Å². The molecule has 0 saturated carbocycles. The Hall–Kier alpha value is -2.18. The van der Waals surface area contributed by atoms with E-state index in [1.807, 2.05) is 36.4 Å². The number of aryl methyl sites for hydroxylation is 2. The van der Waals surface area contributed by atoms with Crippen molar-refractivity contribution in [3.63, 3.8) is 0 Å². The molecule has 1 unspecified atom stereocenters. The molecule has 1 amide bonds. The summed E-state index contributed by atoms with van der Waals surface area (Å²) < 4.78 is 30.5. The summed E-state index contributed by atoms with van der Waals surface area (Å²) >= 11 is 0. The topological polar surface area (TPSA) is 72.5 Å². The average Bonchev–Trinajstić information content (AvgIpc) is 3.15. The van der Waals surface area contributed by atoms with Crippen LogP contribution in [0.2, 0.25) is 0 Å². The van der Waals surface area contributed by atoms with Gasteiger partial charge in [0, 0.05) is 20.1 Å². The van der Waals surface area contributed by atoms with E-state index < -0.39 is 9.84 Å². The number of fused-ring (bicyclic) bond motifs is 1. The third-order valence-corrected chi connectivity index (χ3v) is 6.68. The molecule has 27 heavy (non-hydrogen) atoms. The van der Waals surface area contributed by atoms with Crippen LogP contribution in [-0.2, 0) is 32.2 Å². The molecular weight excluding hydrogens is 362 g/mol. The van der Waals surface area contributed by atoms with Crippen LogP contribution in [0.1, 0.15) is 35.6 Å². The van der Waals surface area contributed by atoms with Crippen LogP contribution in [0.15, 0.2) is 53.4 Å². The second-order valence-corrected chi connectivity index (χ2v) is 8.90. The molecule has 2 aromatic carbocycles. The van der Waals surface area contributed by atoms with Crippen molar-refractivity contribution < 1.29 is 17.9 Å². The number of methoxy groups -OCH3 is 1. The molecular formula is C21H25NO4S. The molecule has 5 nitrogen and oxygen atoms in total. The number of sulfone groups is 1. The first-order valence-electron chi connectivity index (χ1n) is 9.18. The average molecular weight is 388 g/mol. The highest BCUT2D eigenvalue weighted by atomic mass is 32.2. The molecule has 144 valence electrons. The lowest BCUT2D eigenvalue weighted by atomic mass is 10.1. The van der Waals surface area contributed by atoms with Crippen molar-refractivity contribution in [3.05, 3.63) is 65.2 Å². The van der Waals surface area contributed by atoms with Crippen LogP contribution in [0.25, 0.3) is 0 Å². The zero-order chi connectivity index (χ0) is 19.3. The van der Waals surface area contributed by atoms with E-state index in [1.165, 1.54) is 5.56 Å². The number of hydrogen-bond donors (Lipinski definition) is 1. The van der Waals surface area contributed by atoms with Crippen molar-refractivity contribution in [2.24, 2.45) is 0 Å². The van der Waals surface area contributed by atoms with Crippen LogP contribution in [0.4, 0.5) is 0 Å². The fraction of sp³-hybridized carbons (Fsp3) is 0.381. The minimum Gasteiger partial charge on any atom is -0.375 e. The number of nitrogens with one attached hydrogen (secondary N) is 1. The lowest BCUT2D eigenvalue weighted by Gasteiger charge is -2.16. The summed E-state index contributed by atoms with van der Waals surface area (Å²) in [5.74, 6) is -0.488. The number of ether oxygens (including phenoxy) is 1. The predicted octanol–water partition coefficient (Wildman–Crippen LogP) is 2.84. The minimum atomic E-state index is -3.47. The minimum absolute atomic E-state index is 0.0648. The molecule has 1 aliphatic rings. The lowest BCUT2D eigenvalue weighted by Crippen LogP contribution is -2.30. The molecule has 1 N–H and O–H groups in total. The van der Waals surface area contributed by atoms with Gasteiger partial charge in [-0.05, 0) is 48.1 Å². The van der Waals surface area contributed by atoms with Gasteiger partial charge in [-0.3, -0.25) is 4.79 Å². The monoisotopic (exact) mass is 387 g/mol. The molecule has 0 fully saturated rings. The summed E-state index contributed by atoms with van der Waals surface area (Å²) in [4.78, 5) is 12.4. The zero-order valence-electron chi connectivity index (χ0n) is 15.5. The van der Waals surface area contributed by atoms with E-state index in [4.69, 9.17) is 4.74 Å². The predicted molar refractivity (Wildman–Crippen MR) is 104 cm³/mol.